The van der Waals surface area contributed by atoms with Crippen molar-refractivity contribution < 1.29 is 4.79 Å². The fourth-order valence-corrected chi connectivity index (χ4v) is 3.94. The number of thiazole rings is 1. The molecule has 0 aliphatic rings. The number of hydrogen-bond acceptors (Lipinski definition) is 3. The lowest BCUT2D eigenvalue weighted by Crippen LogP contribution is -1.94. The van der Waals surface area contributed by atoms with E-state index in [0.717, 1.165) is 28.1 Å². The van der Waals surface area contributed by atoms with Crippen LogP contribution in [0.5, 0.6) is 0 Å². The van der Waals surface area contributed by atoms with Crippen molar-refractivity contribution in [3.8, 4) is 22.5 Å². The van der Waals surface area contributed by atoms with E-state index in [-0.39, 0.29) is 0 Å². The van der Waals surface area contributed by atoms with E-state index in [1.165, 1.54) is 22.5 Å². The molecule has 2 heterocycles. The highest BCUT2D eigenvalue weighted by molar-refractivity contribution is 7.15. The first kappa shape index (κ1) is 16.1. The number of benzene rings is 2. The number of halogens is 1. The van der Waals surface area contributed by atoms with Gasteiger partial charge in [-0.15, -0.1) is 11.3 Å². The molecule has 2 aromatic carbocycles. The number of carbonyl (C=O) groups is 1. The minimum Gasteiger partial charge on any atom is -0.296 e. The van der Waals surface area contributed by atoms with Crippen molar-refractivity contribution in [1.29, 1.82) is 0 Å². The Hall–Kier alpha value is -2.43. The highest BCUT2D eigenvalue weighted by Gasteiger charge is 2.18. The van der Waals surface area contributed by atoms with E-state index >= 15 is 0 Å². The molecule has 0 radical (unpaired) electrons. The summed E-state index contributed by atoms with van der Waals surface area (Å²) in [4.78, 5) is 17.3. The van der Waals surface area contributed by atoms with Gasteiger partial charge in [-0.2, -0.15) is 0 Å². The normalized spacial score (nSPS) is 11.2. The number of aldehydes is 1. The highest BCUT2D eigenvalue weighted by Crippen LogP contribution is 2.33. The summed E-state index contributed by atoms with van der Waals surface area (Å²) in [6, 6.07) is 13.7. The minimum absolute atomic E-state index is 0.562. The van der Waals surface area contributed by atoms with E-state index in [4.69, 9.17) is 11.6 Å². The molecule has 0 bridgehead atoms. The molecule has 5 heteroatoms. The molecule has 0 aliphatic heterocycles. The summed E-state index contributed by atoms with van der Waals surface area (Å²) in [5, 5.41) is 2.71. The second-order valence-electron chi connectivity index (χ2n) is 6.01. The predicted molar refractivity (Wildman–Crippen MR) is 104 cm³/mol. The number of aryl methyl sites for hydroxylation is 2. The van der Waals surface area contributed by atoms with E-state index in [0.29, 0.717) is 16.4 Å². The topological polar surface area (TPSA) is 34.4 Å². The van der Waals surface area contributed by atoms with Crippen LogP contribution in [0.4, 0.5) is 0 Å². The summed E-state index contributed by atoms with van der Waals surface area (Å²) < 4.78 is 1.94. The third-order valence-corrected chi connectivity index (χ3v) is 5.51. The molecule has 0 fully saturated rings. The van der Waals surface area contributed by atoms with Crippen LogP contribution >= 0.6 is 22.9 Å². The molecular weight excluding hydrogens is 352 g/mol. The first-order chi connectivity index (χ1) is 12.1. The zero-order chi connectivity index (χ0) is 17.6. The molecule has 0 amide bonds. The molecule has 0 N–H and O–H groups in total. The molecule has 0 unspecified atom stereocenters. The van der Waals surface area contributed by atoms with Crippen LogP contribution in [-0.2, 0) is 0 Å². The Labute approximate surface area is 154 Å². The predicted octanol–water partition coefficient (Wildman–Crippen LogP) is 5.81. The van der Waals surface area contributed by atoms with Gasteiger partial charge in [-0.3, -0.25) is 9.20 Å². The van der Waals surface area contributed by atoms with Crippen LogP contribution in [0.2, 0.25) is 5.02 Å². The third kappa shape index (κ3) is 2.68. The van der Waals surface area contributed by atoms with Crippen LogP contribution in [0.15, 0.2) is 47.8 Å². The lowest BCUT2D eigenvalue weighted by Gasteiger charge is -2.06. The summed E-state index contributed by atoms with van der Waals surface area (Å²) >= 11 is 7.50. The summed E-state index contributed by atoms with van der Waals surface area (Å²) in [5.41, 5.74) is 6.67. The number of rotatable bonds is 3. The molecule has 4 aromatic rings. The Morgan fingerprint density at radius 2 is 1.76 bits per heavy atom. The maximum atomic E-state index is 11.9. The Morgan fingerprint density at radius 3 is 2.44 bits per heavy atom. The molecule has 124 valence electrons. The van der Waals surface area contributed by atoms with Crippen LogP contribution in [0.25, 0.3) is 27.5 Å². The molecule has 25 heavy (non-hydrogen) atoms. The maximum absolute atomic E-state index is 11.9. The standard InChI is InChI=1S/C20H15ClN2OS/c1-12-3-4-15(9-13(12)2)18-11-25-20-22-19(17(10-24)23(18)20)14-5-7-16(21)8-6-14/h3-11H,1-2H3. The van der Waals surface area contributed by atoms with E-state index in [9.17, 15) is 4.79 Å². The zero-order valence-corrected chi connectivity index (χ0v) is 15.4. The number of fused-ring (bicyclic) bond motifs is 1. The van der Waals surface area contributed by atoms with Crippen LogP contribution in [0, 0.1) is 13.8 Å². The van der Waals surface area contributed by atoms with Gasteiger partial charge < -0.3 is 0 Å². The molecule has 0 atom stereocenters. The lowest BCUT2D eigenvalue weighted by molar-refractivity contribution is 0.111. The van der Waals surface area contributed by atoms with Crippen molar-refractivity contribution in [1.82, 2.24) is 9.38 Å². The zero-order valence-electron chi connectivity index (χ0n) is 13.8. The molecular formula is C20H15ClN2OS. The van der Waals surface area contributed by atoms with E-state index in [2.05, 4.69) is 37.0 Å². The first-order valence-corrected chi connectivity index (χ1v) is 9.13. The van der Waals surface area contributed by atoms with Gasteiger partial charge in [0.2, 0.25) is 0 Å². The van der Waals surface area contributed by atoms with Crippen LogP contribution in [-0.4, -0.2) is 15.7 Å². The van der Waals surface area contributed by atoms with E-state index < -0.39 is 0 Å². The smallest absolute Gasteiger partial charge is 0.195 e. The highest BCUT2D eigenvalue weighted by atomic mass is 35.5. The molecule has 0 aliphatic carbocycles. The van der Waals surface area contributed by atoms with Crippen LogP contribution < -0.4 is 0 Å². The van der Waals surface area contributed by atoms with Crippen molar-refractivity contribution in [2.24, 2.45) is 0 Å². The van der Waals surface area contributed by atoms with Crippen molar-refractivity contribution in [3.63, 3.8) is 0 Å². The van der Waals surface area contributed by atoms with E-state index in [1.54, 1.807) is 0 Å². The Morgan fingerprint density at radius 1 is 1.04 bits per heavy atom. The van der Waals surface area contributed by atoms with Gasteiger partial charge in [0.1, 0.15) is 11.4 Å². The van der Waals surface area contributed by atoms with Gasteiger partial charge >= 0.3 is 0 Å². The Kier molecular flexibility index (Phi) is 3.94. The van der Waals surface area contributed by atoms with Gasteiger partial charge in [0.05, 0.1) is 5.69 Å². The quantitative estimate of drug-likeness (QED) is 0.428. The molecule has 0 saturated heterocycles. The average Bonchev–Trinajstić information content (AvgIpc) is 3.17. The molecule has 0 spiro atoms. The van der Waals surface area contributed by atoms with Crippen molar-refractivity contribution in [2.75, 3.05) is 0 Å². The number of imidazole rings is 1. The third-order valence-electron chi connectivity index (χ3n) is 4.43. The fourth-order valence-electron chi connectivity index (χ4n) is 2.91. The van der Waals surface area contributed by atoms with Gasteiger partial charge in [0.15, 0.2) is 11.2 Å². The number of hydrogen-bond donors (Lipinski definition) is 0. The van der Waals surface area contributed by atoms with Crippen LogP contribution in [0.3, 0.4) is 0 Å². The minimum atomic E-state index is 0.562. The average molecular weight is 367 g/mol. The monoisotopic (exact) mass is 366 g/mol. The second-order valence-corrected chi connectivity index (χ2v) is 7.28. The molecule has 0 saturated carbocycles. The number of aromatic nitrogens is 2. The van der Waals surface area contributed by atoms with Crippen LogP contribution in [0.1, 0.15) is 21.6 Å². The van der Waals surface area contributed by atoms with Gasteiger partial charge in [0.25, 0.3) is 0 Å². The lowest BCUT2D eigenvalue weighted by atomic mass is 10.0. The first-order valence-electron chi connectivity index (χ1n) is 7.87. The number of carbonyl (C=O) groups excluding carboxylic acids is 1. The van der Waals surface area contributed by atoms with Gasteiger partial charge in [-0.1, -0.05) is 35.9 Å². The molecule has 3 nitrogen and oxygen atoms in total. The molecule has 2 aromatic heterocycles. The van der Waals surface area contributed by atoms with Gasteiger partial charge in [-0.25, -0.2) is 4.98 Å². The largest absolute Gasteiger partial charge is 0.296 e. The van der Waals surface area contributed by atoms with Crippen molar-refractivity contribution in [3.05, 3.63) is 69.7 Å². The summed E-state index contributed by atoms with van der Waals surface area (Å²) in [5.74, 6) is 0. The second kappa shape index (κ2) is 6.14. The Bertz CT molecular complexity index is 1090. The van der Waals surface area contributed by atoms with Crippen molar-refractivity contribution >= 4 is 34.2 Å². The fraction of sp³-hybridized carbons (Fsp3) is 0.100. The summed E-state index contributed by atoms with van der Waals surface area (Å²) in [6.45, 7) is 4.19. The molecule has 4 rings (SSSR count). The van der Waals surface area contributed by atoms with Crippen molar-refractivity contribution in [2.45, 2.75) is 13.8 Å². The summed E-state index contributed by atoms with van der Waals surface area (Å²) in [6.07, 6.45) is 0.876. The summed E-state index contributed by atoms with van der Waals surface area (Å²) in [7, 11) is 0. The van der Waals surface area contributed by atoms with Gasteiger partial charge in [0, 0.05) is 16.0 Å². The van der Waals surface area contributed by atoms with Gasteiger partial charge in [-0.05, 0) is 48.7 Å². The number of nitrogens with zero attached hydrogens (tertiary/aromatic N) is 2. The SMILES string of the molecule is Cc1ccc(-c2csc3nc(-c4ccc(Cl)cc4)c(C=O)n23)cc1C. The van der Waals surface area contributed by atoms with E-state index in [1.807, 2.05) is 34.0 Å². The Balaban J connectivity index is 1.95. The maximum Gasteiger partial charge on any atom is 0.195 e.